The van der Waals surface area contributed by atoms with E-state index < -0.39 is 0 Å². The fourth-order valence-electron chi connectivity index (χ4n) is 3.09. The lowest BCUT2D eigenvalue weighted by molar-refractivity contribution is 0.0751. The molecule has 1 aliphatic carbocycles. The number of nitrogens with zero attached hydrogens (tertiary/aromatic N) is 4. The van der Waals surface area contributed by atoms with Gasteiger partial charge in [0.25, 0.3) is 0 Å². The molecule has 4 atom stereocenters. The molecule has 5 nitrogen and oxygen atoms in total. The quantitative estimate of drug-likeness (QED) is 0.670. The summed E-state index contributed by atoms with van der Waals surface area (Å²) in [5.41, 5.74) is 0. The standard InChI is InChI=1S/C11H20N4O/c1-8-5-9(11-6-16-11)3-4-10(8)15-7-14(2)12-13-15/h8-11H,3-7H2,1-2H3. The summed E-state index contributed by atoms with van der Waals surface area (Å²) in [5, 5.41) is 12.3. The van der Waals surface area contributed by atoms with Gasteiger partial charge in [-0.2, -0.15) is 0 Å². The summed E-state index contributed by atoms with van der Waals surface area (Å²) in [7, 11) is 1.97. The van der Waals surface area contributed by atoms with Crippen LogP contribution >= 0.6 is 0 Å². The molecule has 0 aromatic heterocycles. The molecule has 4 unspecified atom stereocenters. The van der Waals surface area contributed by atoms with E-state index in [-0.39, 0.29) is 0 Å². The maximum absolute atomic E-state index is 5.41. The van der Waals surface area contributed by atoms with Crippen LogP contribution in [0.1, 0.15) is 26.2 Å². The van der Waals surface area contributed by atoms with Crippen molar-refractivity contribution in [2.75, 3.05) is 20.3 Å². The van der Waals surface area contributed by atoms with Crippen molar-refractivity contribution in [3.63, 3.8) is 0 Å². The lowest BCUT2D eigenvalue weighted by atomic mass is 9.77. The molecular weight excluding hydrogens is 204 g/mol. The first kappa shape index (κ1) is 10.3. The fourth-order valence-corrected chi connectivity index (χ4v) is 3.09. The van der Waals surface area contributed by atoms with Gasteiger partial charge in [-0.25, -0.2) is 0 Å². The van der Waals surface area contributed by atoms with Crippen LogP contribution in [-0.4, -0.2) is 42.5 Å². The second kappa shape index (κ2) is 3.87. The molecule has 0 aromatic rings. The van der Waals surface area contributed by atoms with Crippen LogP contribution in [0.5, 0.6) is 0 Å². The van der Waals surface area contributed by atoms with Gasteiger partial charge in [0.2, 0.25) is 0 Å². The molecular formula is C11H20N4O. The van der Waals surface area contributed by atoms with Crippen LogP contribution in [0.4, 0.5) is 0 Å². The van der Waals surface area contributed by atoms with E-state index in [4.69, 9.17) is 4.74 Å². The van der Waals surface area contributed by atoms with Crippen LogP contribution in [0, 0.1) is 11.8 Å². The van der Waals surface area contributed by atoms with Gasteiger partial charge >= 0.3 is 0 Å². The van der Waals surface area contributed by atoms with E-state index in [0.717, 1.165) is 19.2 Å². The number of epoxide rings is 1. The Kier molecular flexibility index (Phi) is 2.50. The molecule has 5 heteroatoms. The minimum atomic E-state index is 0.573. The molecule has 0 radical (unpaired) electrons. The Morgan fingerprint density at radius 2 is 2.06 bits per heavy atom. The third-order valence-corrected chi connectivity index (χ3v) is 4.09. The zero-order valence-electron chi connectivity index (χ0n) is 10.0. The molecule has 2 aliphatic heterocycles. The molecule has 3 aliphatic rings. The number of hydrogen-bond acceptors (Lipinski definition) is 5. The highest BCUT2D eigenvalue weighted by molar-refractivity contribution is 4.89. The molecule has 0 aromatic carbocycles. The van der Waals surface area contributed by atoms with Crippen molar-refractivity contribution in [3.8, 4) is 0 Å². The van der Waals surface area contributed by atoms with Crippen LogP contribution in [0.25, 0.3) is 0 Å². The SMILES string of the molecule is CC1CC(C2CO2)CCC1N1CN(C)N=N1. The molecule has 16 heavy (non-hydrogen) atoms. The van der Waals surface area contributed by atoms with Gasteiger partial charge in [0.15, 0.2) is 0 Å². The summed E-state index contributed by atoms with van der Waals surface area (Å²) in [6.07, 6.45) is 4.38. The van der Waals surface area contributed by atoms with Gasteiger partial charge in [-0.1, -0.05) is 17.4 Å². The van der Waals surface area contributed by atoms with Crippen molar-refractivity contribution in [3.05, 3.63) is 0 Å². The van der Waals surface area contributed by atoms with Crippen LogP contribution in [0.15, 0.2) is 10.4 Å². The Labute approximate surface area is 96.4 Å². The summed E-state index contributed by atoms with van der Waals surface area (Å²) < 4.78 is 5.41. The van der Waals surface area contributed by atoms with E-state index in [2.05, 4.69) is 22.4 Å². The number of ether oxygens (including phenoxy) is 1. The second-order valence-corrected chi connectivity index (χ2v) is 5.41. The second-order valence-electron chi connectivity index (χ2n) is 5.41. The Hall–Kier alpha value is -0.840. The predicted molar refractivity (Wildman–Crippen MR) is 59.4 cm³/mol. The Morgan fingerprint density at radius 1 is 1.25 bits per heavy atom. The predicted octanol–water partition coefficient (Wildman–Crippen LogP) is 1.68. The number of hydrogen-bond donors (Lipinski definition) is 0. The molecule has 2 fully saturated rings. The van der Waals surface area contributed by atoms with Crippen molar-refractivity contribution in [2.45, 2.75) is 38.3 Å². The smallest absolute Gasteiger partial charge is 0.126 e. The largest absolute Gasteiger partial charge is 0.373 e. The van der Waals surface area contributed by atoms with Crippen LogP contribution in [0.2, 0.25) is 0 Å². The molecule has 0 amide bonds. The zero-order valence-corrected chi connectivity index (χ0v) is 10.0. The Bertz CT molecular complexity index is 292. The first-order chi connectivity index (χ1) is 7.74. The van der Waals surface area contributed by atoms with Crippen molar-refractivity contribution >= 4 is 0 Å². The summed E-state index contributed by atoms with van der Waals surface area (Å²) in [4.78, 5) is 0. The molecule has 0 N–H and O–H groups in total. The Morgan fingerprint density at radius 3 is 2.62 bits per heavy atom. The van der Waals surface area contributed by atoms with Gasteiger partial charge in [-0.05, 0) is 31.1 Å². The zero-order chi connectivity index (χ0) is 11.1. The maximum Gasteiger partial charge on any atom is 0.126 e. The van der Waals surface area contributed by atoms with Gasteiger partial charge in [0.1, 0.15) is 6.67 Å². The molecule has 0 bridgehead atoms. The monoisotopic (exact) mass is 224 g/mol. The highest BCUT2D eigenvalue weighted by atomic mass is 16.6. The molecule has 90 valence electrons. The van der Waals surface area contributed by atoms with E-state index in [9.17, 15) is 0 Å². The van der Waals surface area contributed by atoms with E-state index in [0.29, 0.717) is 18.1 Å². The van der Waals surface area contributed by atoms with Gasteiger partial charge in [0, 0.05) is 7.05 Å². The van der Waals surface area contributed by atoms with Crippen molar-refractivity contribution < 1.29 is 4.74 Å². The van der Waals surface area contributed by atoms with E-state index in [1.807, 2.05) is 12.1 Å². The van der Waals surface area contributed by atoms with Gasteiger partial charge in [-0.15, -0.1) is 0 Å². The first-order valence-electron chi connectivity index (χ1n) is 6.25. The summed E-state index contributed by atoms with van der Waals surface area (Å²) in [6.45, 7) is 4.18. The van der Waals surface area contributed by atoms with Crippen LogP contribution < -0.4 is 0 Å². The van der Waals surface area contributed by atoms with Crippen LogP contribution in [0.3, 0.4) is 0 Å². The van der Waals surface area contributed by atoms with Gasteiger partial charge in [-0.3, -0.25) is 10.0 Å². The first-order valence-corrected chi connectivity index (χ1v) is 6.25. The normalized spacial score (nSPS) is 42.9. The lowest BCUT2D eigenvalue weighted by Gasteiger charge is -2.37. The Balaban J connectivity index is 1.59. The number of rotatable bonds is 2. The average molecular weight is 224 g/mol. The summed E-state index contributed by atoms with van der Waals surface area (Å²) in [6, 6.07) is 0.573. The topological polar surface area (TPSA) is 43.7 Å². The van der Waals surface area contributed by atoms with E-state index >= 15 is 0 Å². The molecule has 2 heterocycles. The van der Waals surface area contributed by atoms with Crippen molar-refractivity contribution in [1.29, 1.82) is 0 Å². The molecule has 3 rings (SSSR count). The van der Waals surface area contributed by atoms with Crippen molar-refractivity contribution in [1.82, 2.24) is 10.0 Å². The van der Waals surface area contributed by atoms with E-state index in [1.54, 1.807) is 0 Å². The van der Waals surface area contributed by atoms with Crippen LogP contribution in [-0.2, 0) is 4.74 Å². The third-order valence-electron chi connectivity index (χ3n) is 4.09. The summed E-state index contributed by atoms with van der Waals surface area (Å²) in [5.74, 6) is 1.50. The maximum atomic E-state index is 5.41. The average Bonchev–Trinajstić information content (AvgIpc) is 3.02. The third kappa shape index (κ3) is 1.88. The highest BCUT2D eigenvalue weighted by Gasteiger charge is 2.40. The molecule has 1 saturated carbocycles. The molecule has 1 saturated heterocycles. The van der Waals surface area contributed by atoms with Crippen molar-refractivity contribution in [2.24, 2.45) is 22.3 Å². The van der Waals surface area contributed by atoms with Gasteiger partial charge < -0.3 is 4.74 Å². The fraction of sp³-hybridized carbons (Fsp3) is 1.00. The summed E-state index contributed by atoms with van der Waals surface area (Å²) >= 11 is 0. The lowest BCUT2D eigenvalue weighted by Crippen LogP contribution is -2.41. The highest BCUT2D eigenvalue weighted by Crippen LogP contribution is 2.38. The van der Waals surface area contributed by atoms with E-state index in [1.165, 1.54) is 19.3 Å². The minimum absolute atomic E-state index is 0.573. The minimum Gasteiger partial charge on any atom is -0.373 e. The van der Waals surface area contributed by atoms with Gasteiger partial charge in [0.05, 0.1) is 18.8 Å². The molecule has 0 spiro atoms.